The second-order valence-corrected chi connectivity index (χ2v) is 8.92. The fraction of sp³-hybridized carbons (Fsp3) is 0.188. The molecule has 1 atom stereocenters. The molecule has 2 heterocycles. The van der Waals surface area contributed by atoms with Crippen LogP contribution in [0.4, 0.5) is 0 Å². The van der Waals surface area contributed by atoms with Crippen LogP contribution in [0.15, 0.2) is 41.6 Å². The van der Waals surface area contributed by atoms with Gasteiger partial charge in [0, 0.05) is 12.5 Å². The number of nitrogens with one attached hydrogen (secondary N) is 1. The number of nitrogens with zero attached hydrogens (tertiary/aromatic N) is 2. The molecule has 0 radical (unpaired) electrons. The number of para-hydroxylation sites is 1. The van der Waals surface area contributed by atoms with Gasteiger partial charge in [0.2, 0.25) is 0 Å². The SMILES string of the molecule is CC(NC(=O)c1cc(S(C)(=O)=O)ncc1Cl)c1nc2ccccc2s1. The second-order valence-electron chi connectivity index (χ2n) is 5.49. The lowest BCUT2D eigenvalue weighted by molar-refractivity contribution is 0.0939. The minimum absolute atomic E-state index is 0.0602. The molecule has 1 N–H and O–H groups in total. The number of aromatic nitrogens is 2. The van der Waals surface area contributed by atoms with Gasteiger partial charge in [-0.15, -0.1) is 11.3 Å². The van der Waals surface area contributed by atoms with Crippen molar-refractivity contribution in [2.24, 2.45) is 0 Å². The number of benzene rings is 1. The standard InChI is InChI=1S/C16H14ClN3O3S2/c1-9(16-20-12-5-3-4-6-13(12)24-16)19-15(21)10-7-14(25(2,22)23)18-8-11(10)17/h3-9H,1-2H3,(H,19,21). The van der Waals surface area contributed by atoms with Gasteiger partial charge in [0.15, 0.2) is 14.9 Å². The summed E-state index contributed by atoms with van der Waals surface area (Å²) in [7, 11) is -3.53. The third-order valence-electron chi connectivity index (χ3n) is 3.48. The summed E-state index contributed by atoms with van der Waals surface area (Å²) in [5, 5.41) is 3.43. The van der Waals surface area contributed by atoms with Crippen molar-refractivity contribution in [2.75, 3.05) is 6.26 Å². The molecule has 0 spiro atoms. The smallest absolute Gasteiger partial charge is 0.253 e. The van der Waals surface area contributed by atoms with E-state index in [2.05, 4.69) is 15.3 Å². The highest BCUT2D eigenvalue weighted by Crippen LogP contribution is 2.26. The van der Waals surface area contributed by atoms with Crippen molar-refractivity contribution in [3.05, 3.63) is 52.1 Å². The van der Waals surface area contributed by atoms with Crippen molar-refractivity contribution >= 4 is 48.9 Å². The number of sulfone groups is 1. The zero-order valence-electron chi connectivity index (χ0n) is 13.4. The Morgan fingerprint density at radius 2 is 2.04 bits per heavy atom. The molecule has 1 aromatic carbocycles. The van der Waals surface area contributed by atoms with Crippen LogP contribution in [0.25, 0.3) is 10.2 Å². The van der Waals surface area contributed by atoms with Crippen LogP contribution in [-0.4, -0.2) is 30.5 Å². The maximum absolute atomic E-state index is 12.5. The molecule has 0 saturated carbocycles. The fourth-order valence-electron chi connectivity index (χ4n) is 2.21. The number of amides is 1. The molecule has 1 unspecified atom stereocenters. The predicted octanol–water partition coefficient (Wildman–Crippen LogP) is 3.24. The Bertz CT molecular complexity index is 1030. The van der Waals surface area contributed by atoms with E-state index in [9.17, 15) is 13.2 Å². The molecular weight excluding hydrogens is 382 g/mol. The molecule has 9 heteroatoms. The molecule has 0 saturated heterocycles. The first kappa shape index (κ1) is 17.8. The van der Waals surface area contributed by atoms with Crippen LogP contribution in [0.1, 0.15) is 28.3 Å². The zero-order valence-corrected chi connectivity index (χ0v) is 15.7. The van der Waals surface area contributed by atoms with Crippen molar-refractivity contribution in [2.45, 2.75) is 18.0 Å². The van der Waals surface area contributed by atoms with Crippen molar-refractivity contribution in [1.82, 2.24) is 15.3 Å². The van der Waals surface area contributed by atoms with E-state index in [0.717, 1.165) is 27.7 Å². The third-order valence-corrected chi connectivity index (χ3v) is 5.99. The Kier molecular flexibility index (Phi) is 4.77. The number of halogens is 1. The molecule has 0 fully saturated rings. The fourth-order valence-corrected chi connectivity index (χ4v) is 3.94. The minimum atomic E-state index is -3.53. The van der Waals surface area contributed by atoms with Crippen molar-refractivity contribution < 1.29 is 13.2 Å². The van der Waals surface area contributed by atoms with E-state index in [0.29, 0.717) is 0 Å². The van der Waals surface area contributed by atoms with Gasteiger partial charge in [-0.05, 0) is 25.1 Å². The molecule has 1 amide bonds. The zero-order chi connectivity index (χ0) is 18.2. The summed E-state index contributed by atoms with van der Waals surface area (Å²) < 4.78 is 24.3. The van der Waals surface area contributed by atoms with E-state index in [1.54, 1.807) is 0 Å². The molecule has 0 bridgehead atoms. The molecule has 3 rings (SSSR count). The van der Waals surface area contributed by atoms with Crippen LogP contribution < -0.4 is 5.32 Å². The normalized spacial score (nSPS) is 12.9. The van der Waals surface area contributed by atoms with Gasteiger partial charge >= 0.3 is 0 Å². The summed E-state index contributed by atoms with van der Waals surface area (Å²) in [5.41, 5.74) is 0.926. The number of rotatable bonds is 4. The third kappa shape index (κ3) is 3.81. The topological polar surface area (TPSA) is 89.0 Å². The Morgan fingerprint density at radius 1 is 1.32 bits per heavy atom. The van der Waals surface area contributed by atoms with Gasteiger partial charge in [0.25, 0.3) is 5.91 Å². The summed E-state index contributed by atoms with van der Waals surface area (Å²) in [6.45, 7) is 1.81. The highest BCUT2D eigenvalue weighted by molar-refractivity contribution is 7.90. The number of thiazole rings is 1. The summed E-state index contributed by atoms with van der Waals surface area (Å²) in [5.74, 6) is -0.482. The molecule has 130 valence electrons. The van der Waals surface area contributed by atoms with Gasteiger partial charge < -0.3 is 5.32 Å². The van der Waals surface area contributed by atoms with E-state index < -0.39 is 15.7 Å². The van der Waals surface area contributed by atoms with Gasteiger partial charge in [0.1, 0.15) is 5.01 Å². The summed E-state index contributed by atoms with van der Waals surface area (Å²) >= 11 is 7.49. The first-order valence-corrected chi connectivity index (χ1v) is 10.4. The van der Waals surface area contributed by atoms with E-state index >= 15 is 0 Å². The van der Waals surface area contributed by atoms with E-state index in [4.69, 9.17) is 11.6 Å². The highest BCUT2D eigenvalue weighted by Gasteiger charge is 2.20. The highest BCUT2D eigenvalue weighted by atomic mass is 35.5. The first-order valence-electron chi connectivity index (χ1n) is 7.27. The molecular formula is C16H14ClN3O3S2. The Balaban J connectivity index is 1.86. The van der Waals surface area contributed by atoms with Crippen LogP contribution >= 0.6 is 22.9 Å². The van der Waals surface area contributed by atoms with Crippen LogP contribution in [-0.2, 0) is 9.84 Å². The lowest BCUT2D eigenvalue weighted by atomic mass is 10.2. The minimum Gasteiger partial charge on any atom is -0.343 e. The van der Waals surface area contributed by atoms with Crippen molar-refractivity contribution in [1.29, 1.82) is 0 Å². The van der Waals surface area contributed by atoms with Gasteiger partial charge in [0.05, 0.1) is 26.8 Å². The van der Waals surface area contributed by atoms with Gasteiger partial charge in [-0.25, -0.2) is 18.4 Å². The maximum atomic E-state index is 12.5. The Labute approximate surface area is 153 Å². The molecule has 6 nitrogen and oxygen atoms in total. The number of carbonyl (C=O) groups is 1. The number of hydrogen-bond donors (Lipinski definition) is 1. The van der Waals surface area contributed by atoms with E-state index in [1.807, 2.05) is 31.2 Å². The van der Waals surface area contributed by atoms with E-state index in [1.165, 1.54) is 17.4 Å². The van der Waals surface area contributed by atoms with Crippen molar-refractivity contribution in [3.63, 3.8) is 0 Å². The summed E-state index contributed by atoms with van der Waals surface area (Å²) in [6.07, 6.45) is 2.18. The summed E-state index contributed by atoms with van der Waals surface area (Å²) in [6, 6.07) is 8.52. The number of fused-ring (bicyclic) bond motifs is 1. The van der Waals surface area contributed by atoms with Crippen LogP contribution in [0.5, 0.6) is 0 Å². The number of carbonyl (C=O) groups excluding carboxylic acids is 1. The first-order chi connectivity index (χ1) is 11.8. The van der Waals surface area contributed by atoms with Crippen molar-refractivity contribution in [3.8, 4) is 0 Å². The summed E-state index contributed by atoms with van der Waals surface area (Å²) in [4.78, 5) is 20.8. The average Bonchev–Trinajstić information content (AvgIpc) is 2.98. The molecule has 25 heavy (non-hydrogen) atoms. The van der Waals surface area contributed by atoms with Gasteiger partial charge in [-0.2, -0.15) is 0 Å². The maximum Gasteiger partial charge on any atom is 0.253 e. The number of hydrogen-bond acceptors (Lipinski definition) is 6. The van der Waals surface area contributed by atoms with E-state index in [-0.39, 0.29) is 21.7 Å². The lowest BCUT2D eigenvalue weighted by Crippen LogP contribution is -2.27. The number of pyridine rings is 1. The monoisotopic (exact) mass is 395 g/mol. The average molecular weight is 396 g/mol. The Hall–Kier alpha value is -2.03. The van der Waals surface area contributed by atoms with Gasteiger partial charge in [-0.1, -0.05) is 23.7 Å². The van der Waals surface area contributed by atoms with Gasteiger partial charge in [-0.3, -0.25) is 4.79 Å². The quantitative estimate of drug-likeness (QED) is 0.732. The van der Waals surface area contributed by atoms with Crippen LogP contribution in [0.3, 0.4) is 0 Å². The molecule has 3 aromatic rings. The molecule has 0 aliphatic heterocycles. The Morgan fingerprint density at radius 3 is 2.72 bits per heavy atom. The molecule has 2 aromatic heterocycles. The predicted molar refractivity (Wildman–Crippen MR) is 97.9 cm³/mol. The largest absolute Gasteiger partial charge is 0.343 e. The molecule has 0 aliphatic rings. The lowest BCUT2D eigenvalue weighted by Gasteiger charge is -2.12. The van der Waals surface area contributed by atoms with Crippen LogP contribution in [0, 0.1) is 0 Å². The van der Waals surface area contributed by atoms with Crippen LogP contribution in [0.2, 0.25) is 5.02 Å². The second kappa shape index (κ2) is 6.70. The molecule has 0 aliphatic carbocycles.